The molecule has 1 radical (unpaired) electrons. The third-order valence-electron chi connectivity index (χ3n) is 6.08. The van der Waals surface area contributed by atoms with E-state index in [0.29, 0.717) is 0 Å². The van der Waals surface area contributed by atoms with Gasteiger partial charge in [0.25, 0.3) is 0 Å². The Hall–Kier alpha value is -4.24. The zero-order chi connectivity index (χ0) is 24.2. The summed E-state index contributed by atoms with van der Waals surface area (Å²) in [5.41, 5.74) is 3.92. The summed E-state index contributed by atoms with van der Waals surface area (Å²) in [5, 5.41) is 5.77. The average molecular weight is 652 g/mol. The van der Waals surface area contributed by atoms with Gasteiger partial charge in [-0.1, -0.05) is 77.7 Å². The molecule has 0 saturated carbocycles. The number of hydrogen-bond acceptors (Lipinski definition) is 3. The normalized spacial score (nSPS) is 10.5. The second kappa shape index (κ2) is 11.2. The van der Waals surface area contributed by atoms with E-state index in [9.17, 15) is 0 Å². The van der Waals surface area contributed by atoms with E-state index in [0.717, 1.165) is 38.9 Å². The summed E-state index contributed by atoms with van der Waals surface area (Å²) in [7, 11) is 0. The van der Waals surface area contributed by atoms with E-state index in [4.69, 9.17) is 4.98 Å². The molecule has 7 aromatic rings. The van der Waals surface area contributed by atoms with Crippen LogP contribution in [0.15, 0.2) is 128 Å². The van der Waals surface area contributed by atoms with Gasteiger partial charge >= 0.3 is 0 Å². The predicted molar refractivity (Wildman–Crippen MR) is 147 cm³/mol. The van der Waals surface area contributed by atoms with Gasteiger partial charge in [-0.25, -0.2) is 0 Å². The zero-order valence-electron chi connectivity index (χ0n) is 19.8. The fraction of sp³-hybridized carbons (Fsp3) is 0. The first kappa shape index (κ1) is 24.5. The molecule has 2 aromatic heterocycles. The fourth-order valence-corrected chi connectivity index (χ4v) is 4.33. The number of hydrogen-bond donors (Lipinski definition) is 0. The van der Waals surface area contributed by atoms with Crippen LogP contribution in [-0.2, 0) is 20.1 Å². The second-order valence-corrected chi connectivity index (χ2v) is 8.34. The summed E-state index contributed by atoms with van der Waals surface area (Å²) in [5.74, 6) is 0.717. The molecule has 7 rings (SSSR count). The summed E-state index contributed by atoms with van der Waals surface area (Å²) in [6.45, 7) is 0. The average Bonchev–Trinajstić information content (AvgIpc) is 2.98. The number of rotatable bonds is 2. The minimum atomic E-state index is 0. The molecule has 0 spiro atoms. The van der Waals surface area contributed by atoms with Gasteiger partial charge in [0, 0.05) is 37.9 Å². The van der Waals surface area contributed by atoms with E-state index < -0.39 is 0 Å². The minimum Gasteiger partial charge on any atom is -0.305 e. The molecule has 3 nitrogen and oxygen atoms in total. The third kappa shape index (κ3) is 5.17. The quantitative estimate of drug-likeness (QED) is 0.141. The van der Waals surface area contributed by atoms with E-state index in [1.165, 1.54) is 16.2 Å². The van der Waals surface area contributed by atoms with Gasteiger partial charge in [0.2, 0.25) is 0 Å². The van der Waals surface area contributed by atoms with Crippen LogP contribution >= 0.6 is 0 Å². The van der Waals surface area contributed by atoms with Crippen molar-refractivity contribution in [2.45, 2.75) is 0 Å². The molecule has 0 bridgehead atoms. The topological polar surface area (TPSA) is 38.7 Å². The van der Waals surface area contributed by atoms with E-state index in [-0.39, 0.29) is 20.1 Å². The largest absolute Gasteiger partial charge is 0.305 e. The van der Waals surface area contributed by atoms with Crippen LogP contribution in [0.5, 0.6) is 0 Å². The van der Waals surface area contributed by atoms with Gasteiger partial charge in [0.1, 0.15) is 0 Å². The molecule has 0 N–H and O–H groups in total. The molecule has 2 heterocycles. The van der Waals surface area contributed by atoms with Crippen LogP contribution in [0.2, 0.25) is 0 Å². The number of benzene rings is 5. The van der Waals surface area contributed by atoms with Gasteiger partial charge < -0.3 is 4.98 Å². The van der Waals surface area contributed by atoms with E-state index in [1.54, 1.807) is 6.20 Å². The Bertz CT molecular complexity index is 1740. The summed E-state index contributed by atoms with van der Waals surface area (Å²) < 4.78 is 0. The molecule has 0 aliphatic carbocycles. The maximum Gasteiger partial charge on any atom is 0.0761 e. The molecule has 0 unspecified atom stereocenters. The van der Waals surface area contributed by atoms with Crippen molar-refractivity contribution in [3.8, 4) is 22.6 Å². The van der Waals surface area contributed by atoms with Crippen molar-refractivity contribution in [2.24, 2.45) is 0 Å². The van der Waals surface area contributed by atoms with Crippen molar-refractivity contribution in [1.82, 2.24) is 15.0 Å². The number of nitrogens with zero attached hydrogens (tertiary/aromatic N) is 3. The number of aromatic nitrogens is 3. The van der Waals surface area contributed by atoms with Crippen LogP contribution in [0, 0.1) is 12.1 Å². The molecule has 0 aliphatic heterocycles. The molecular formula is C33H21IrN3-2. The Labute approximate surface area is 229 Å². The van der Waals surface area contributed by atoms with Crippen molar-refractivity contribution in [3.63, 3.8) is 0 Å². The molecule has 0 aliphatic rings. The first-order valence-corrected chi connectivity index (χ1v) is 11.8. The Kier molecular flexibility index (Phi) is 7.41. The van der Waals surface area contributed by atoms with Crippen LogP contribution in [0.25, 0.3) is 55.1 Å². The van der Waals surface area contributed by atoms with Gasteiger partial charge in [-0.3, -0.25) is 9.97 Å². The Morgan fingerprint density at radius 1 is 0.541 bits per heavy atom. The Balaban J connectivity index is 0.000000183. The molecule has 0 saturated heterocycles. The molecular weight excluding hydrogens is 631 g/mol. The van der Waals surface area contributed by atoms with Crippen molar-refractivity contribution < 1.29 is 20.1 Å². The smallest absolute Gasteiger partial charge is 0.0761 e. The van der Waals surface area contributed by atoms with Crippen molar-refractivity contribution >= 4 is 32.4 Å². The standard InChI is InChI=1S/C22H13N2.C11H8N.Ir/c1-3-9-17-15(6-1)8-5-11-19(17)22-23-14-20-18-10-4-2-7-16(18)12-13-21(20)24-22;1-2-6-10(7-3-1)11-8-4-5-9-12-11;/h1-10,12-14H;1-6,8-9H;/q2*-1;. The predicted octanol–water partition coefficient (Wildman–Crippen LogP) is 7.95. The van der Waals surface area contributed by atoms with Crippen LogP contribution in [-0.4, -0.2) is 15.0 Å². The molecule has 37 heavy (non-hydrogen) atoms. The van der Waals surface area contributed by atoms with Crippen LogP contribution in [0.3, 0.4) is 0 Å². The second-order valence-electron chi connectivity index (χ2n) is 8.34. The van der Waals surface area contributed by atoms with Crippen molar-refractivity contribution in [3.05, 3.63) is 140 Å². The van der Waals surface area contributed by atoms with Crippen LogP contribution < -0.4 is 0 Å². The van der Waals surface area contributed by atoms with Gasteiger partial charge in [-0.2, -0.15) is 0 Å². The molecule has 0 fully saturated rings. The van der Waals surface area contributed by atoms with Crippen molar-refractivity contribution in [1.29, 1.82) is 0 Å². The summed E-state index contributed by atoms with van der Waals surface area (Å²) in [6.07, 6.45) is 3.71. The fourth-order valence-electron chi connectivity index (χ4n) is 4.33. The van der Waals surface area contributed by atoms with E-state index in [2.05, 4.69) is 70.6 Å². The first-order chi connectivity index (χ1) is 17.9. The Morgan fingerprint density at radius 2 is 1.30 bits per heavy atom. The van der Waals surface area contributed by atoms with Crippen molar-refractivity contribution in [2.75, 3.05) is 0 Å². The maximum absolute atomic E-state index is 4.80. The van der Waals surface area contributed by atoms with E-state index >= 15 is 0 Å². The monoisotopic (exact) mass is 652 g/mol. The van der Waals surface area contributed by atoms with Crippen LogP contribution in [0.1, 0.15) is 0 Å². The SMILES string of the molecule is [Ir].[c-]1ccc2ccccc2c1-c1ncc2c(ccc3ccccc32)n1.[c-]1ccccc1-c1ccccn1. The number of fused-ring (bicyclic) bond motifs is 4. The molecule has 0 atom stereocenters. The maximum atomic E-state index is 4.80. The zero-order valence-corrected chi connectivity index (χ0v) is 22.2. The molecule has 179 valence electrons. The van der Waals surface area contributed by atoms with Gasteiger partial charge in [-0.05, 0) is 28.6 Å². The first-order valence-electron chi connectivity index (χ1n) is 11.8. The van der Waals surface area contributed by atoms with E-state index in [1.807, 2.05) is 72.9 Å². The van der Waals surface area contributed by atoms with Crippen LogP contribution in [0.4, 0.5) is 0 Å². The molecule has 0 amide bonds. The minimum absolute atomic E-state index is 0. The number of pyridine rings is 1. The third-order valence-corrected chi connectivity index (χ3v) is 6.08. The molecule has 4 heteroatoms. The van der Waals surface area contributed by atoms with Gasteiger partial charge in [0.15, 0.2) is 0 Å². The van der Waals surface area contributed by atoms with Gasteiger partial charge in [-0.15, -0.1) is 59.5 Å². The van der Waals surface area contributed by atoms with Gasteiger partial charge in [0.05, 0.1) is 11.3 Å². The summed E-state index contributed by atoms with van der Waals surface area (Å²) in [4.78, 5) is 13.7. The summed E-state index contributed by atoms with van der Waals surface area (Å²) >= 11 is 0. The Morgan fingerprint density at radius 3 is 2.08 bits per heavy atom. The molecule has 5 aromatic carbocycles. The summed E-state index contributed by atoms with van der Waals surface area (Å²) in [6, 6.07) is 44.9.